The minimum Gasteiger partial charge on any atom is -0.387 e. The van der Waals surface area contributed by atoms with Crippen LogP contribution in [0.1, 0.15) is 28.4 Å². The third kappa shape index (κ3) is 4.00. The van der Waals surface area contributed by atoms with Gasteiger partial charge in [0.15, 0.2) is 0 Å². The third-order valence-corrected chi connectivity index (χ3v) is 5.05. The Morgan fingerprint density at radius 1 is 1.14 bits per heavy atom. The maximum atomic E-state index is 12.4. The van der Waals surface area contributed by atoms with E-state index in [1.165, 1.54) is 0 Å². The first kappa shape index (κ1) is 15.9. The van der Waals surface area contributed by atoms with Crippen molar-refractivity contribution in [3.8, 4) is 0 Å². The van der Waals surface area contributed by atoms with Crippen LogP contribution in [0.4, 0.5) is 0 Å². The second-order valence-electron chi connectivity index (χ2n) is 5.24. The van der Waals surface area contributed by atoms with Crippen LogP contribution in [0, 0.1) is 13.8 Å². The highest BCUT2D eigenvalue weighted by atomic mass is 32.2. The van der Waals surface area contributed by atoms with E-state index in [4.69, 9.17) is 5.73 Å². The molecular formula is C17H21NO2S. The van der Waals surface area contributed by atoms with Crippen LogP contribution in [0.15, 0.2) is 47.4 Å². The predicted octanol–water partition coefficient (Wildman–Crippen LogP) is 2.60. The van der Waals surface area contributed by atoms with Gasteiger partial charge in [0.25, 0.3) is 0 Å². The van der Waals surface area contributed by atoms with Gasteiger partial charge < -0.3 is 10.8 Å². The highest BCUT2D eigenvalue weighted by Crippen LogP contribution is 2.20. The van der Waals surface area contributed by atoms with Gasteiger partial charge in [-0.2, -0.15) is 0 Å². The van der Waals surface area contributed by atoms with Gasteiger partial charge in [-0.15, -0.1) is 0 Å². The molecule has 2 aromatic rings. The van der Waals surface area contributed by atoms with Crippen molar-refractivity contribution < 1.29 is 9.32 Å². The van der Waals surface area contributed by atoms with Crippen LogP contribution in [0.25, 0.3) is 0 Å². The topological polar surface area (TPSA) is 63.3 Å². The molecule has 4 heteroatoms. The van der Waals surface area contributed by atoms with E-state index in [9.17, 15) is 9.32 Å². The van der Waals surface area contributed by atoms with Gasteiger partial charge in [-0.1, -0.05) is 42.0 Å². The van der Waals surface area contributed by atoms with E-state index in [0.29, 0.717) is 6.54 Å². The van der Waals surface area contributed by atoms with Crippen LogP contribution < -0.4 is 5.73 Å². The molecule has 0 saturated heterocycles. The Hall–Kier alpha value is -1.49. The number of hydrogen-bond acceptors (Lipinski definition) is 3. The Kier molecular flexibility index (Phi) is 5.28. The van der Waals surface area contributed by atoms with Gasteiger partial charge in [-0.05, 0) is 36.6 Å². The summed E-state index contributed by atoms with van der Waals surface area (Å²) < 4.78 is 12.4. The van der Waals surface area contributed by atoms with Gasteiger partial charge >= 0.3 is 0 Å². The number of benzene rings is 2. The fourth-order valence-corrected chi connectivity index (χ4v) is 3.56. The highest BCUT2D eigenvalue weighted by molar-refractivity contribution is 7.85. The first-order valence-corrected chi connectivity index (χ1v) is 8.25. The van der Waals surface area contributed by atoms with Gasteiger partial charge in [-0.3, -0.25) is 4.21 Å². The Morgan fingerprint density at radius 2 is 1.81 bits per heavy atom. The van der Waals surface area contributed by atoms with Crippen molar-refractivity contribution in [2.75, 3.05) is 5.75 Å². The molecular weight excluding hydrogens is 282 g/mol. The number of nitrogens with two attached hydrogens (primary N) is 1. The minimum absolute atomic E-state index is 0.200. The van der Waals surface area contributed by atoms with E-state index in [1.807, 2.05) is 56.3 Å². The van der Waals surface area contributed by atoms with Crippen LogP contribution >= 0.6 is 0 Å². The molecule has 3 N–H and O–H groups in total. The lowest BCUT2D eigenvalue weighted by atomic mass is 10.1. The molecule has 2 atom stereocenters. The van der Waals surface area contributed by atoms with Crippen molar-refractivity contribution in [3.05, 3.63) is 64.7 Å². The fourth-order valence-electron chi connectivity index (χ4n) is 2.26. The highest BCUT2D eigenvalue weighted by Gasteiger charge is 2.15. The van der Waals surface area contributed by atoms with Crippen LogP contribution in [0.2, 0.25) is 0 Å². The van der Waals surface area contributed by atoms with Crippen molar-refractivity contribution in [3.63, 3.8) is 0 Å². The summed E-state index contributed by atoms with van der Waals surface area (Å²) in [6, 6.07) is 13.3. The van der Waals surface area contributed by atoms with E-state index < -0.39 is 16.9 Å². The molecule has 0 fully saturated rings. The molecule has 112 valence electrons. The zero-order valence-electron chi connectivity index (χ0n) is 12.4. The number of hydrogen-bond donors (Lipinski definition) is 2. The summed E-state index contributed by atoms with van der Waals surface area (Å²) in [7, 11) is -1.22. The normalized spacial score (nSPS) is 13.9. The Balaban J connectivity index is 2.10. The molecule has 2 unspecified atom stereocenters. The summed E-state index contributed by atoms with van der Waals surface area (Å²) in [4.78, 5) is 0.790. The molecule has 0 aliphatic carbocycles. The molecule has 2 rings (SSSR count). The molecule has 21 heavy (non-hydrogen) atoms. The van der Waals surface area contributed by atoms with E-state index in [1.54, 1.807) is 0 Å². The van der Waals surface area contributed by atoms with Crippen molar-refractivity contribution in [1.29, 1.82) is 0 Å². The van der Waals surface area contributed by atoms with Crippen LogP contribution in [0.3, 0.4) is 0 Å². The summed E-state index contributed by atoms with van der Waals surface area (Å²) in [5.74, 6) is 0.200. The average Bonchev–Trinajstić information content (AvgIpc) is 2.47. The first-order valence-electron chi connectivity index (χ1n) is 6.94. The van der Waals surface area contributed by atoms with E-state index >= 15 is 0 Å². The summed E-state index contributed by atoms with van der Waals surface area (Å²) in [6.45, 7) is 4.43. The van der Waals surface area contributed by atoms with Gasteiger partial charge in [0, 0.05) is 11.4 Å². The summed E-state index contributed by atoms with van der Waals surface area (Å²) >= 11 is 0. The second-order valence-corrected chi connectivity index (χ2v) is 6.71. The Labute approximate surface area is 128 Å². The monoisotopic (exact) mass is 303 g/mol. The van der Waals surface area contributed by atoms with E-state index in [2.05, 4.69) is 0 Å². The Morgan fingerprint density at radius 3 is 2.38 bits per heavy atom. The molecule has 2 aromatic carbocycles. The number of aliphatic hydroxyl groups is 1. The third-order valence-electron chi connectivity index (χ3n) is 3.49. The maximum absolute atomic E-state index is 12.4. The first-order chi connectivity index (χ1) is 10.0. The number of aryl methyl sites for hydroxylation is 2. The van der Waals surface area contributed by atoms with Crippen molar-refractivity contribution in [1.82, 2.24) is 0 Å². The molecule has 0 aliphatic rings. The molecule has 0 bridgehead atoms. The van der Waals surface area contributed by atoms with Crippen LogP contribution in [-0.2, 0) is 17.3 Å². The smallest absolute Gasteiger partial charge is 0.0908 e. The molecule has 3 nitrogen and oxygen atoms in total. The second kappa shape index (κ2) is 6.98. The summed E-state index contributed by atoms with van der Waals surface area (Å²) in [6.07, 6.45) is -0.738. The van der Waals surface area contributed by atoms with Crippen LogP contribution in [0.5, 0.6) is 0 Å². The number of aliphatic hydroxyl groups excluding tert-OH is 1. The molecule has 0 heterocycles. The minimum atomic E-state index is -1.22. The quantitative estimate of drug-likeness (QED) is 0.892. The molecule has 0 amide bonds. The molecule has 0 aliphatic heterocycles. The van der Waals surface area contributed by atoms with Crippen LogP contribution in [-0.4, -0.2) is 15.1 Å². The zero-order valence-corrected chi connectivity index (χ0v) is 13.2. The largest absolute Gasteiger partial charge is 0.387 e. The fraction of sp³-hybridized carbons (Fsp3) is 0.294. The molecule has 0 spiro atoms. The zero-order chi connectivity index (χ0) is 15.4. The average molecular weight is 303 g/mol. The van der Waals surface area contributed by atoms with Crippen molar-refractivity contribution in [2.24, 2.45) is 5.73 Å². The summed E-state index contributed by atoms with van der Waals surface area (Å²) in [5.41, 5.74) is 9.48. The van der Waals surface area contributed by atoms with Gasteiger partial charge in [-0.25, -0.2) is 0 Å². The lowest BCUT2D eigenvalue weighted by molar-refractivity contribution is 0.203. The van der Waals surface area contributed by atoms with E-state index in [-0.39, 0.29) is 5.75 Å². The summed E-state index contributed by atoms with van der Waals surface area (Å²) in [5, 5.41) is 10.2. The SMILES string of the molecule is Cc1ccc(S(=O)CC(O)c2ccc(CN)cc2)c(C)c1. The Bertz CT molecular complexity index is 638. The molecule has 0 saturated carbocycles. The molecule has 0 aromatic heterocycles. The van der Waals surface area contributed by atoms with Crippen molar-refractivity contribution in [2.45, 2.75) is 31.4 Å². The lowest BCUT2D eigenvalue weighted by Crippen LogP contribution is -2.10. The lowest BCUT2D eigenvalue weighted by Gasteiger charge is -2.13. The van der Waals surface area contributed by atoms with Gasteiger partial charge in [0.1, 0.15) is 0 Å². The molecule has 0 radical (unpaired) electrons. The van der Waals surface area contributed by atoms with E-state index in [0.717, 1.165) is 27.1 Å². The standard InChI is InChI=1S/C17H21NO2S/c1-12-3-8-17(13(2)9-12)21(20)11-16(19)15-6-4-14(10-18)5-7-15/h3-9,16,19H,10-11,18H2,1-2H3. The predicted molar refractivity (Wildman–Crippen MR) is 86.5 cm³/mol. The van der Waals surface area contributed by atoms with Gasteiger partial charge in [0.05, 0.1) is 22.7 Å². The maximum Gasteiger partial charge on any atom is 0.0908 e. The van der Waals surface area contributed by atoms with Gasteiger partial charge in [0.2, 0.25) is 0 Å². The van der Waals surface area contributed by atoms with Crippen molar-refractivity contribution >= 4 is 10.8 Å². The number of rotatable bonds is 5.